The molecule has 4 aromatic rings. The molecule has 0 aliphatic carbocycles. The van der Waals surface area contributed by atoms with E-state index in [1.165, 1.54) is 19.2 Å². The Morgan fingerprint density at radius 1 is 1.07 bits per heavy atom. The molecule has 2 heterocycles. The van der Waals surface area contributed by atoms with Crippen LogP contribution in [0.4, 0.5) is 4.39 Å². The van der Waals surface area contributed by atoms with E-state index in [0.717, 1.165) is 21.4 Å². The molecule has 9 heteroatoms. The zero-order chi connectivity index (χ0) is 21.3. The summed E-state index contributed by atoms with van der Waals surface area (Å²) >= 11 is 1.07. The third kappa shape index (κ3) is 3.79. The SMILES string of the molecule is COc1ccc(C=c2sc3nc(=O)c(Cc4ccc(F)cc4)nn3c2=O)cc1OC. The fourth-order valence-electron chi connectivity index (χ4n) is 2.94. The first-order valence-corrected chi connectivity index (χ1v) is 9.71. The summed E-state index contributed by atoms with van der Waals surface area (Å²) < 4.78 is 25.1. The summed E-state index contributed by atoms with van der Waals surface area (Å²) in [5.41, 5.74) is 0.649. The average Bonchev–Trinajstić information content (AvgIpc) is 3.04. The molecule has 0 radical (unpaired) electrons. The van der Waals surface area contributed by atoms with Gasteiger partial charge in [0.25, 0.3) is 11.1 Å². The molecule has 152 valence electrons. The number of fused-ring (bicyclic) bond motifs is 1. The van der Waals surface area contributed by atoms with Gasteiger partial charge in [-0.3, -0.25) is 9.59 Å². The molecule has 0 atom stereocenters. The van der Waals surface area contributed by atoms with Crippen LogP contribution in [0.1, 0.15) is 16.8 Å². The maximum atomic E-state index is 13.1. The fraction of sp³-hybridized carbons (Fsp3) is 0.143. The van der Waals surface area contributed by atoms with E-state index >= 15 is 0 Å². The number of thiazole rings is 1. The van der Waals surface area contributed by atoms with Crippen molar-refractivity contribution in [2.45, 2.75) is 6.42 Å². The van der Waals surface area contributed by atoms with Crippen LogP contribution >= 0.6 is 11.3 Å². The van der Waals surface area contributed by atoms with Crippen LogP contribution in [-0.2, 0) is 6.42 Å². The summed E-state index contributed by atoms with van der Waals surface area (Å²) in [6.07, 6.45) is 1.83. The number of benzene rings is 2. The molecular formula is C21H16FN3O4S. The van der Waals surface area contributed by atoms with Gasteiger partial charge >= 0.3 is 0 Å². The van der Waals surface area contributed by atoms with Crippen molar-refractivity contribution in [1.82, 2.24) is 14.6 Å². The molecule has 0 unspecified atom stereocenters. The van der Waals surface area contributed by atoms with E-state index in [2.05, 4.69) is 10.1 Å². The van der Waals surface area contributed by atoms with Gasteiger partial charge in [0.15, 0.2) is 11.5 Å². The Morgan fingerprint density at radius 3 is 2.50 bits per heavy atom. The van der Waals surface area contributed by atoms with Crippen LogP contribution in [0.5, 0.6) is 11.5 Å². The van der Waals surface area contributed by atoms with Crippen LogP contribution in [0.25, 0.3) is 11.0 Å². The van der Waals surface area contributed by atoms with Crippen molar-refractivity contribution in [2.24, 2.45) is 0 Å². The van der Waals surface area contributed by atoms with E-state index in [-0.39, 0.29) is 28.5 Å². The summed E-state index contributed by atoms with van der Waals surface area (Å²) in [6.45, 7) is 0. The lowest BCUT2D eigenvalue weighted by Gasteiger charge is -2.07. The number of methoxy groups -OCH3 is 2. The van der Waals surface area contributed by atoms with Gasteiger partial charge in [-0.25, -0.2) is 4.39 Å². The Kier molecular flexibility index (Phi) is 5.28. The number of hydrogen-bond acceptors (Lipinski definition) is 7. The van der Waals surface area contributed by atoms with Gasteiger partial charge in [0.1, 0.15) is 11.5 Å². The molecule has 2 aromatic carbocycles. The number of ether oxygens (including phenoxy) is 2. The van der Waals surface area contributed by atoms with E-state index in [0.29, 0.717) is 21.6 Å². The van der Waals surface area contributed by atoms with Crippen LogP contribution in [0.2, 0.25) is 0 Å². The van der Waals surface area contributed by atoms with E-state index < -0.39 is 5.56 Å². The maximum Gasteiger partial charge on any atom is 0.296 e. The Bertz CT molecular complexity index is 1400. The van der Waals surface area contributed by atoms with Crippen molar-refractivity contribution in [3.05, 3.63) is 90.3 Å². The molecule has 0 aliphatic rings. The van der Waals surface area contributed by atoms with Gasteiger partial charge in [-0.2, -0.15) is 14.6 Å². The standard InChI is InChI=1S/C21H16FN3O4S/c1-28-16-8-5-13(10-17(16)29-2)11-18-20(27)25-21(30-18)23-19(26)15(24-25)9-12-3-6-14(22)7-4-12/h3-8,10-11H,9H2,1-2H3. The normalized spacial score (nSPS) is 11.8. The Morgan fingerprint density at radius 2 is 1.80 bits per heavy atom. The highest BCUT2D eigenvalue weighted by atomic mass is 32.1. The number of hydrogen-bond donors (Lipinski definition) is 0. The monoisotopic (exact) mass is 425 g/mol. The average molecular weight is 425 g/mol. The highest BCUT2D eigenvalue weighted by molar-refractivity contribution is 7.15. The second kappa shape index (κ2) is 8.03. The minimum absolute atomic E-state index is 0.117. The predicted octanol–water partition coefficient (Wildman–Crippen LogP) is 1.81. The Labute approximate surface area is 173 Å². The zero-order valence-corrected chi connectivity index (χ0v) is 16.9. The van der Waals surface area contributed by atoms with Crippen molar-refractivity contribution in [2.75, 3.05) is 14.2 Å². The summed E-state index contributed by atoms with van der Waals surface area (Å²) in [4.78, 5) is 29.3. The first kappa shape index (κ1) is 19.7. The van der Waals surface area contributed by atoms with Crippen LogP contribution in [-0.4, -0.2) is 28.8 Å². The van der Waals surface area contributed by atoms with Crippen molar-refractivity contribution >= 4 is 22.4 Å². The van der Waals surface area contributed by atoms with Gasteiger partial charge < -0.3 is 9.47 Å². The van der Waals surface area contributed by atoms with Gasteiger partial charge in [0.05, 0.1) is 18.8 Å². The number of rotatable bonds is 5. The molecule has 0 saturated carbocycles. The molecule has 2 aromatic heterocycles. The van der Waals surface area contributed by atoms with Gasteiger partial charge in [0.2, 0.25) is 4.96 Å². The highest BCUT2D eigenvalue weighted by Gasteiger charge is 2.12. The fourth-order valence-corrected chi connectivity index (χ4v) is 3.85. The molecule has 0 N–H and O–H groups in total. The second-order valence-electron chi connectivity index (χ2n) is 6.39. The lowest BCUT2D eigenvalue weighted by Crippen LogP contribution is -2.28. The minimum Gasteiger partial charge on any atom is -0.493 e. The second-order valence-corrected chi connectivity index (χ2v) is 7.40. The molecule has 0 saturated heterocycles. The molecule has 4 rings (SSSR count). The number of nitrogens with zero attached hydrogens (tertiary/aromatic N) is 3. The minimum atomic E-state index is -0.516. The van der Waals surface area contributed by atoms with E-state index in [1.807, 2.05) is 0 Å². The van der Waals surface area contributed by atoms with Gasteiger partial charge in [0, 0.05) is 6.42 Å². The van der Waals surface area contributed by atoms with Crippen molar-refractivity contribution in [3.63, 3.8) is 0 Å². The summed E-state index contributed by atoms with van der Waals surface area (Å²) in [5.74, 6) is 0.742. The quantitative estimate of drug-likeness (QED) is 0.485. The zero-order valence-electron chi connectivity index (χ0n) is 16.1. The topological polar surface area (TPSA) is 82.8 Å². The maximum absolute atomic E-state index is 13.1. The largest absolute Gasteiger partial charge is 0.493 e. The lowest BCUT2D eigenvalue weighted by atomic mass is 10.1. The summed E-state index contributed by atoms with van der Waals surface area (Å²) in [5, 5.41) is 4.20. The molecule has 0 amide bonds. The summed E-state index contributed by atoms with van der Waals surface area (Å²) in [6, 6.07) is 11.0. The van der Waals surface area contributed by atoms with E-state index in [9.17, 15) is 14.0 Å². The third-order valence-electron chi connectivity index (χ3n) is 4.44. The van der Waals surface area contributed by atoms with Gasteiger partial charge in [-0.15, -0.1) is 0 Å². The van der Waals surface area contributed by atoms with E-state index in [4.69, 9.17) is 9.47 Å². The molecule has 0 spiro atoms. The molecule has 30 heavy (non-hydrogen) atoms. The molecular weight excluding hydrogens is 409 g/mol. The molecule has 0 aliphatic heterocycles. The van der Waals surface area contributed by atoms with Crippen LogP contribution < -0.4 is 25.1 Å². The first-order chi connectivity index (χ1) is 14.5. The summed E-state index contributed by atoms with van der Waals surface area (Å²) in [7, 11) is 3.07. The number of halogens is 1. The van der Waals surface area contributed by atoms with Crippen LogP contribution in [0.3, 0.4) is 0 Å². The predicted molar refractivity (Wildman–Crippen MR) is 111 cm³/mol. The lowest BCUT2D eigenvalue weighted by molar-refractivity contribution is 0.355. The van der Waals surface area contributed by atoms with Gasteiger partial charge in [-0.1, -0.05) is 29.5 Å². The Hall–Kier alpha value is -3.59. The molecule has 0 fully saturated rings. The van der Waals surface area contributed by atoms with Crippen molar-refractivity contribution in [3.8, 4) is 11.5 Å². The van der Waals surface area contributed by atoms with Crippen molar-refractivity contribution in [1.29, 1.82) is 0 Å². The number of aromatic nitrogens is 3. The smallest absolute Gasteiger partial charge is 0.296 e. The van der Waals surface area contributed by atoms with Crippen LogP contribution in [0, 0.1) is 5.82 Å². The van der Waals surface area contributed by atoms with Gasteiger partial charge in [-0.05, 0) is 41.5 Å². The first-order valence-electron chi connectivity index (χ1n) is 8.89. The van der Waals surface area contributed by atoms with Crippen molar-refractivity contribution < 1.29 is 13.9 Å². The highest BCUT2D eigenvalue weighted by Crippen LogP contribution is 2.27. The molecule has 7 nitrogen and oxygen atoms in total. The third-order valence-corrected chi connectivity index (χ3v) is 5.40. The Balaban J connectivity index is 1.77. The van der Waals surface area contributed by atoms with E-state index in [1.54, 1.807) is 43.5 Å². The van der Waals surface area contributed by atoms with Crippen LogP contribution in [0.15, 0.2) is 52.1 Å². The molecule has 0 bridgehead atoms.